The Morgan fingerprint density at radius 1 is 1.21 bits per heavy atom. The van der Waals surface area contributed by atoms with Gasteiger partial charge in [-0.15, -0.1) is 0 Å². The lowest BCUT2D eigenvalue weighted by atomic mass is 9.67. The predicted octanol–water partition coefficient (Wildman–Crippen LogP) is 2.50. The van der Waals surface area contributed by atoms with E-state index in [4.69, 9.17) is 9.15 Å². The molecule has 3 aliphatic rings. The molecule has 0 amide bonds. The molecule has 0 bridgehead atoms. The first-order chi connectivity index (χ1) is 11.8. The summed E-state index contributed by atoms with van der Waals surface area (Å²) in [5.41, 5.74) is 1.30. The molecule has 1 aliphatic carbocycles. The minimum atomic E-state index is -0.00208. The summed E-state index contributed by atoms with van der Waals surface area (Å²) in [7, 11) is 1.53. The van der Waals surface area contributed by atoms with Crippen LogP contribution >= 0.6 is 0 Å². The molecule has 0 spiro atoms. The smallest absolute Gasteiger partial charge is 0.308 e. The van der Waals surface area contributed by atoms with E-state index >= 15 is 0 Å². The van der Waals surface area contributed by atoms with Crippen LogP contribution in [0, 0.1) is 23.7 Å². The highest BCUT2D eigenvalue weighted by molar-refractivity contribution is 5.72. The molecule has 0 aromatic carbocycles. The number of hydrogen-bond acceptors (Lipinski definition) is 5. The van der Waals surface area contributed by atoms with Gasteiger partial charge in [-0.1, -0.05) is 12.8 Å². The van der Waals surface area contributed by atoms with Gasteiger partial charge in [0.25, 0.3) is 0 Å². The summed E-state index contributed by atoms with van der Waals surface area (Å²) in [5, 5.41) is 7.33. The molecule has 24 heavy (non-hydrogen) atoms. The number of methoxy groups -OCH3 is 1. The van der Waals surface area contributed by atoms with Gasteiger partial charge in [-0.3, -0.25) is 4.79 Å². The number of esters is 1. The lowest BCUT2D eigenvalue weighted by Gasteiger charge is -2.42. The first-order valence-corrected chi connectivity index (χ1v) is 9.34. The van der Waals surface area contributed by atoms with Crippen LogP contribution in [0.15, 0.2) is 23.0 Å². The van der Waals surface area contributed by atoms with Crippen LogP contribution < -0.4 is 10.6 Å². The van der Waals surface area contributed by atoms with Crippen molar-refractivity contribution in [1.82, 2.24) is 10.6 Å². The zero-order valence-electron chi connectivity index (χ0n) is 14.4. The van der Waals surface area contributed by atoms with Crippen molar-refractivity contribution < 1.29 is 13.9 Å². The van der Waals surface area contributed by atoms with Gasteiger partial charge in [0.15, 0.2) is 0 Å². The van der Waals surface area contributed by atoms with E-state index in [1.807, 2.05) is 6.26 Å². The summed E-state index contributed by atoms with van der Waals surface area (Å²) in [6.07, 6.45) is 9.77. The highest BCUT2D eigenvalue weighted by atomic mass is 16.5. The van der Waals surface area contributed by atoms with Crippen LogP contribution in [0.1, 0.15) is 43.6 Å². The fourth-order valence-corrected chi connectivity index (χ4v) is 5.37. The van der Waals surface area contributed by atoms with Crippen molar-refractivity contribution in [2.45, 2.75) is 44.2 Å². The zero-order valence-corrected chi connectivity index (χ0v) is 14.4. The Bertz CT molecular complexity index is 559. The maximum Gasteiger partial charge on any atom is 0.308 e. The minimum Gasteiger partial charge on any atom is -0.472 e. The molecule has 2 aliphatic heterocycles. The van der Waals surface area contributed by atoms with Crippen LogP contribution in [0.4, 0.5) is 0 Å². The van der Waals surface area contributed by atoms with Crippen LogP contribution in [0.3, 0.4) is 0 Å². The Labute approximate surface area is 143 Å². The zero-order chi connectivity index (χ0) is 16.5. The molecule has 3 fully saturated rings. The van der Waals surface area contributed by atoms with Gasteiger partial charge in [-0.25, -0.2) is 0 Å². The second-order valence-corrected chi connectivity index (χ2v) is 7.69. The molecule has 1 aromatic rings. The average molecular weight is 332 g/mol. The molecule has 1 aromatic heterocycles. The Kier molecular flexibility index (Phi) is 4.63. The summed E-state index contributed by atoms with van der Waals surface area (Å²) in [6, 6.07) is 2.09. The van der Waals surface area contributed by atoms with Crippen LogP contribution in [0.25, 0.3) is 0 Å². The molecule has 1 saturated carbocycles. The van der Waals surface area contributed by atoms with Crippen molar-refractivity contribution in [3.05, 3.63) is 24.2 Å². The van der Waals surface area contributed by atoms with E-state index in [0.29, 0.717) is 29.8 Å². The summed E-state index contributed by atoms with van der Waals surface area (Å²) in [6.45, 7) is 2.00. The van der Waals surface area contributed by atoms with E-state index in [2.05, 4.69) is 16.7 Å². The van der Waals surface area contributed by atoms with E-state index < -0.39 is 0 Å². The molecule has 5 nitrogen and oxygen atoms in total. The van der Waals surface area contributed by atoms with Crippen molar-refractivity contribution in [1.29, 1.82) is 0 Å². The topological polar surface area (TPSA) is 63.5 Å². The molecular weight excluding hydrogens is 304 g/mol. The van der Waals surface area contributed by atoms with Crippen molar-refractivity contribution in [3.8, 4) is 0 Å². The molecule has 2 saturated heterocycles. The highest BCUT2D eigenvalue weighted by Crippen LogP contribution is 2.44. The second-order valence-electron chi connectivity index (χ2n) is 7.69. The Balaban J connectivity index is 1.49. The second kappa shape index (κ2) is 6.89. The summed E-state index contributed by atoms with van der Waals surface area (Å²) < 4.78 is 10.4. The van der Waals surface area contributed by atoms with Gasteiger partial charge in [0.05, 0.1) is 31.7 Å². The van der Waals surface area contributed by atoms with Gasteiger partial charge in [-0.05, 0) is 55.2 Å². The number of rotatable bonds is 3. The largest absolute Gasteiger partial charge is 0.472 e. The number of furan rings is 1. The molecule has 4 rings (SSSR count). The number of carbonyl (C=O) groups excluding carboxylic acids is 1. The Morgan fingerprint density at radius 3 is 2.83 bits per heavy atom. The molecule has 6 unspecified atom stereocenters. The molecule has 6 atom stereocenters. The van der Waals surface area contributed by atoms with Gasteiger partial charge >= 0.3 is 5.97 Å². The summed E-state index contributed by atoms with van der Waals surface area (Å²) in [5.74, 6) is 2.19. The normalized spacial score (nSPS) is 39.4. The van der Waals surface area contributed by atoms with E-state index in [-0.39, 0.29) is 11.9 Å². The van der Waals surface area contributed by atoms with Crippen LogP contribution in [-0.4, -0.2) is 32.3 Å². The van der Waals surface area contributed by atoms with Crippen molar-refractivity contribution in [3.63, 3.8) is 0 Å². The van der Waals surface area contributed by atoms with Crippen LogP contribution in [0.2, 0.25) is 0 Å². The quantitative estimate of drug-likeness (QED) is 0.833. The number of carbonyl (C=O) groups is 1. The van der Waals surface area contributed by atoms with Crippen LogP contribution in [0.5, 0.6) is 0 Å². The predicted molar refractivity (Wildman–Crippen MR) is 90.3 cm³/mol. The molecule has 5 heteroatoms. The monoisotopic (exact) mass is 332 g/mol. The van der Waals surface area contributed by atoms with Gasteiger partial charge in [0.2, 0.25) is 0 Å². The lowest BCUT2D eigenvalue weighted by Crippen LogP contribution is -2.52. The molecule has 0 radical (unpaired) electrons. The van der Waals surface area contributed by atoms with Gasteiger partial charge in [0, 0.05) is 12.5 Å². The fourth-order valence-electron chi connectivity index (χ4n) is 5.37. The van der Waals surface area contributed by atoms with Crippen LogP contribution in [-0.2, 0) is 9.53 Å². The minimum absolute atomic E-state index is 0.00208. The molecule has 2 N–H and O–H groups in total. The summed E-state index contributed by atoms with van der Waals surface area (Å²) in [4.78, 5) is 12.2. The molecular formula is C19H28N2O3. The van der Waals surface area contributed by atoms with Crippen molar-refractivity contribution in [2.75, 3.05) is 20.2 Å². The molecule has 132 valence electrons. The Morgan fingerprint density at radius 2 is 2.04 bits per heavy atom. The van der Waals surface area contributed by atoms with Crippen molar-refractivity contribution >= 4 is 5.97 Å². The molecule has 3 heterocycles. The number of piperidine rings is 1. The standard InChI is InChI=1S/C19H28N2O3/c1-23-19(22)15-5-3-2-4-14(15)13-8-16-17(12-6-7-24-11-12)10-21-18(16)20-9-13/h6-7,11,13-18,20-21H,2-5,8-10H2,1H3. The third-order valence-electron chi connectivity index (χ3n) is 6.58. The van der Waals surface area contributed by atoms with Gasteiger partial charge in [-0.2, -0.15) is 0 Å². The number of fused-ring (bicyclic) bond motifs is 1. The van der Waals surface area contributed by atoms with E-state index in [9.17, 15) is 4.79 Å². The highest BCUT2D eigenvalue weighted by Gasteiger charge is 2.45. The SMILES string of the molecule is COC(=O)C1CCCCC1C1CNC2NCC(c3ccoc3)C2C1. The number of ether oxygens (including phenoxy) is 1. The maximum absolute atomic E-state index is 12.2. The number of nitrogens with one attached hydrogen (secondary N) is 2. The fraction of sp³-hybridized carbons (Fsp3) is 0.737. The first-order valence-electron chi connectivity index (χ1n) is 9.34. The van der Waals surface area contributed by atoms with Crippen molar-refractivity contribution in [2.24, 2.45) is 23.7 Å². The first kappa shape index (κ1) is 16.2. The summed E-state index contributed by atoms with van der Waals surface area (Å²) >= 11 is 0. The van der Waals surface area contributed by atoms with Gasteiger partial charge in [0.1, 0.15) is 0 Å². The van der Waals surface area contributed by atoms with E-state index in [1.165, 1.54) is 25.5 Å². The average Bonchev–Trinajstić information content (AvgIpc) is 3.29. The number of hydrogen-bond donors (Lipinski definition) is 2. The third-order valence-corrected chi connectivity index (χ3v) is 6.58. The van der Waals surface area contributed by atoms with Gasteiger partial charge < -0.3 is 19.8 Å². The van der Waals surface area contributed by atoms with E-state index in [1.54, 1.807) is 6.26 Å². The Hall–Kier alpha value is -1.33. The maximum atomic E-state index is 12.2. The lowest BCUT2D eigenvalue weighted by molar-refractivity contribution is -0.150. The third kappa shape index (κ3) is 2.88. The van der Waals surface area contributed by atoms with E-state index in [0.717, 1.165) is 32.4 Å².